The molecule has 84 valence electrons. The van der Waals surface area contributed by atoms with Gasteiger partial charge in [0.05, 0.1) is 18.1 Å². The first kappa shape index (κ1) is 10.9. The van der Waals surface area contributed by atoms with E-state index in [1.165, 1.54) is 6.07 Å². The fourth-order valence-electron chi connectivity index (χ4n) is 1.62. The molecule has 0 radical (unpaired) electrons. The highest BCUT2D eigenvalue weighted by atomic mass is 16.4. The van der Waals surface area contributed by atoms with Crippen molar-refractivity contribution in [2.75, 3.05) is 0 Å². The SMILES string of the molecule is N#Cc1ccc2[nH]c(=O)c(CC(=O)O)cc2c1. The maximum Gasteiger partial charge on any atom is 0.308 e. The van der Waals surface area contributed by atoms with Gasteiger partial charge in [0.2, 0.25) is 0 Å². The van der Waals surface area contributed by atoms with Crippen LogP contribution in [0.4, 0.5) is 0 Å². The molecule has 5 nitrogen and oxygen atoms in total. The number of hydrogen-bond acceptors (Lipinski definition) is 3. The van der Waals surface area contributed by atoms with E-state index >= 15 is 0 Å². The molecule has 5 heteroatoms. The van der Waals surface area contributed by atoms with Crippen molar-refractivity contribution in [3.63, 3.8) is 0 Å². The van der Waals surface area contributed by atoms with E-state index < -0.39 is 11.5 Å². The summed E-state index contributed by atoms with van der Waals surface area (Å²) in [5, 5.41) is 18.1. The molecule has 0 bridgehead atoms. The summed E-state index contributed by atoms with van der Waals surface area (Å²) in [5.74, 6) is -1.06. The van der Waals surface area contributed by atoms with Crippen LogP contribution in [0.5, 0.6) is 0 Å². The summed E-state index contributed by atoms with van der Waals surface area (Å²) in [6, 6.07) is 8.31. The standard InChI is InChI=1S/C12H8N2O3/c13-6-7-1-2-10-8(3-7)4-9(5-11(15)16)12(17)14-10/h1-4H,5H2,(H,14,17)(H,15,16). The normalized spacial score (nSPS) is 10.1. The lowest BCUT2D eigenvalue weighted by Crippen LogP contribution is -2.15. The van der Waals surface area contributed by atoms with E-state index in [2.05, 4.69) is 4.98 Å². The molecule has 0 saturated carbocycles. The molecule has 2 aromatic rings. The number of aromatic nitrogens is 1. The van der Waals surface area contributed by atoms with E-state index in [9.17, 15) is 9.59 Å². The van der Waals surface area contributed by atoms with Gasteiger partial charge in [-0.05, 0) is 29.7 Å². The van der Waals surface area contributed by atoms with E-state index in [1.807, 2.05) is 6.07 Å². The first-order valence-electron chi connectivity index (χ1n) is 4.88. The second kappa shape index (κ2) is 4.10. The van der Waals surface area contributed by atoms with E-state index in [-0.39, 0.29) is 12.0 Å². The molecule has 0 aliphatic rings. The number of nitrogens with one attached hydrogen (secondary N) is 1. The smallest absolute Gasteiger partial charge is 0.308 e. The van der Waals surface area contributed by atoms with Crippen molar-refractivity contribution in [3.05, 3.63) is 45.7 Å². The van der Waals surface area contributed by atoms with E-state index in [1.54, 1.807) is 18.2 Å². The Morgan fingerprint density at radius 3 is 2.82 bits per heavy atom. The third-order valence-electron chi connectivity index (χ3n) is 2.39. The number of fused-ring (bicyclic) bond motifs is 1. The van der Waals surface area contributed by atoms with Crippen molar-refractivity contribution >= 4 is 16.9 Å². The Kier molecular flexibility index (Phi) is 2.63. The molecule has 0 fully saturated rings. The molecule has 0 aliphatic carbocycles. The number of hydrogen-bond donors (Lipinski definition) is 2. The number of aromatic amines is 1. The molecule has 1 aromatic heterocycles. The van der Waals surface area contributed by atoms with Crippen LogP contribution in [0.25, 0.3) is 10.9 Å². The minimum Gasteiger partial charge on any atom is -0.481 e. The number of H-pyrrole nitrogens is 1. The fourth-order valence-corrected chi connectivity index (χ4v) is 1.62. The van der Waals surface area contributed by atoms with Crippen LogP contribution in [0.3, 0.4) is 0 Å². The number of nitriles is 1. The zero-order valence-electron chi connectivity index (χ0n) is 8.73. The van der Waals surface area contributed by atoms with Gasteiger partial charge in [-0.25, -0.2) is 0 Å². The molecule has 2 rings (SSSR count). The monoisotopic (exact) mass is 228 g/mol. The molecule has 17 heavy (non-hydrogen) atoms. The van der Waals surface area contributed by atoms with E-state index in [0.29, 0.717) is 16.5 Å². The second-order valence-corrected chi connectivity index (χ2v) is 3.61. The summed E-state index contributed by atoms with van der Waals surface area (Å²) >= 11 is 0. The van der Waals surface area contributed by atoms with Gasteiger partial charge in [0, 0.05) is 11.1 Å². The van der Waals surface area contributed by atoms with Crippen LogP contribution in [0.2, 0.25) is 0 Å². The number of carboxylic acid groups (broad SMARTS) is 1. The topological polar surface area (TPSA) is 94.0 Å². The van der Waals surface area contributed by atoms with Gasteiger partial charge in [-0.2, -0.15) is 5.26 Å². The van der Waals surface area contributed by atoms with Crippen LogP contribution < -0.4 is 5.56 Å². The first-order chi connectivity index (χ1) is 8.10. The Morgan fingerprint density at radius 1 is 1.41 bits per heavy atom. The summed E-state index contributed by atoms with van der Waals surface area (Å²) < 4.78 is 0. The van der Waals surface area contributed by atoms with Gasteiger partial charge in [0.1, 0.15) is 0 Å². The Balaban J connectivity index is 2.65. The second-order valence-electron chi connectivity index (χ2n) is 3.61. The number of rotatable bonds is 2. The average Bonchev–Trinajstić information content (AvgIpc) is 2.29. The lowest BCUT2D eigenvalue weighted by Gasteiger charge is -2.01. The summed E-state index contributed by atoms with van der Waals surface area (Å²) in [7, 11) is 0. The third kappa shape index (κ3) is 2.16. The van der Waals surface area contributed by atoms with Gasteiger partial charge in [-0.15, -0.1) is 0 Å². The number of carbonyl (C=O) groups is 1. The van der Waals surface area contributed by atoms with Crippen LogP contribution >= 0.6 is 0 Å². The number of pyridine rings is 1. The Bertz CT molecular complexity index is 695. The Morgan fingerprint density at radius 2 is 2.18 bits per heavy atom. The number of benzene rings is 1. The van der Waals surface area contributed by atoms with Crippen molar-refractivity contribution in [2.45, 2.75) is 6.42 Å². The molecule has 0 atom stereocenters. The van der Waals surface area contributed by atoms with E-state index in [4.69, 9.17) is 10.4 Å². The van der Waals surface area contributed by atoms with Crippen molar-refractivity contribution in [1.29, 1.82) is 5.26 Å². The van der Waals surface area contributed by atoms with Gasteiger partial charge in [0.15, 0.2) is 0 Å². The van der Waals surface area contributed by atoms with Gasteiger partial charge in [-0.3, -0.25) is 9.59 Å². The lowest BCUT2D eigenvalue weighted by molar-refractivity contribution is -0.136. The summed E-state index contributed by atoms with van der Waals surface area (Å²) in [6.45, 7) is 0. The van der Waals surface area contributed by atoms with Gasteiger partial charge in [0.25, 0.3) is 5.56 Å². The maximum absolute atomic E-state index is 11.5. The quantitative estimate of drug-likeness (QED) is 0.802. The number of carboxylic acids is 1. The zero-order valence-corrected chi connectivity index (χ0v) is 8.73. The fraction of sp³-hybridized carbons (Fsp3) is 0.0833. The minimum absolute atomic E-state index is 0.181. The third-order valence-corrected chi connectivity index (χ3v) is 2.39. The molecular weight excluding hydrogens is 220 g/mol. The van der Waals surface area contributed by atoms with Crippen molar-refractivity contribution in [1.82, 2.24) is 4.98 Å². The maximum atomic E-state index is 11.5. The molecule has 0 unspecified atom stereocenters. The van der Waals surface area contributed by atoms with Gasteiger partial charge in [-0.1, -0.05) is 0 Å². The average molecular weight is 228 g/mol. The molecule has 2 N–H and O–H groups in total. The van der Waals surface area contributed by atoms with Crippen LogP contribution in [0.1, 0.15) is 11.1 Å². The van der Waals surface area contributed by atoms with Crippen LogP contribution in [0.15, 0.2) is 29.1 Å². The zero-order chi connectivity index (χ0) is 12.4. The first-order valence-corrected chi connectivity index (χ1v) is 4.88. The van der Waals surface area contributed by atoms with E-state index in [0.717, 1.165) is 0 Å². The summed E-state index contributed by atoms with van der Waals surface area (Å²) in [6.07, 6.45) is -0.331. The molecule has 1 aromatic carbocycles. The van der Waals surface area contributed by atoms with Crippen LogP contribution in [-0.2, 0) is 11.2 Å². The Labute approximate surface area is 95.9 Å². The van der Waals surface area contributed by atoms with Crippen molar-refractivity contribution in [3.8, 4) is 6.07 Å². The molecule has 0 aliphatic heterocycles. The predicted octanol–water partition coefficient (Wildman–Crippen LogP) is 1.03. The van der Waals surface area contributed by atoms with Gasteiger partial charge >= 0.3 is 5.97 Å². The van der Waals surface area contributed by atoms with Gasteiger partial charge < -0.3 is 10.1 Å². The molecule has 0 saturated heterocycles. The highest BCUT2D eigenvalue weighted by Gasteiger charge is 2.07. The largest absolute Gasteiger partial charge is 0.481 e. The molecule has 1 heterocycles. The minimum atomic E-state index is -1.06. The highest BCUT2D eigenvalue weighted by Crippen LogP contribution is 2.13. The predicted molar refractivity (Wildman–Crippen MR) is 60.6 cm³/mol. The molecule has 0 spiro atoms. The van der Waals surface area contributed by atoms with Crippen molar-refractivity contribution in [2.24, 2.45) is 0 Å². The highest BCUT2D eigenvalue weighted by molar-refractivity contribution is 5.81. The number of aliphatic carboxylic acids is 1. The molecule has 0 amide bonds. The van der Waals surface area contributed by atoms with Crippen LogP contribution in [-0.4, -0.2) is 16.1 Å². The molecular formula is C12H8N2O3. The summed E-state index contributed by atoms with van der Waals surface area (Å²) in [5.41, 5.74) is 0.818. The number of nitrogens with zero attached hydrogens (tertiary/aromatic N) is 1. The lowest BCUT2D eigenvalue weighted by atomic mass is 10.1. The summed E-state index contributed by atoms with van der Waals surface area (Å²) in [4.78, 5) is 24.7. The van der Waals surface area contributed by atoms with Crippen molar-refractivity contribution < 1.29 is 9.90 Å². The Hall–Kier alpha value is -2.61. The van der Waals surface area contributed by atoms with Crippen LogP contribution in [0, 0.1) is 11.3 Å².